The summed E-state index contributed by atoms with van der Waals surface area (Å²) in [6.45, 7) is 17.3. The van der Waals surface area contributed by atoms with Gasteiger partial charge in [-0.15, -0.1) is 0 Å². The molecule has 0 spiro atoms. The lowest BCUT2D eigenvalue weighted by molar-refractivity contribution is -0.126. The Labute approximate surface area is 123 Å². The van der Waals surface area contributed by atoms with Crippen LogP contribution >= 0.6 is 0 Å². The topological polar surface area (TPSA) is 29.5 Å². The van der Waals surface area contributed by atoms with Crippen LogP contribution in [0, 0.1) is 0 Å². The second kappa shape index (κ2) is 4.85. The lowest BCUT2D eigenvalue weighted by Gasteiger charge is -2.40. The average molecular weight is 293 g/mol. The lowest BCUT2D eigenvalue weighted by atomic mass is 9.96. The van der Waals surface area contributed by atoms with Crippen LogP contribution in [-0.2, 0) is 9.22 Å². The van der Waals surface area contributed by atoms with Crippen molar-refractivity contribution in [1.29, 1.82) is 0 Å². The van der Waals surface area contributed by atoms with Crippen molar-refractivity contribution >= 4 is 14.2 Å². The van der Waals surface area contributed by atoms with Crippen molar-refractivity contribution in [2.75, 3.05) is 0 Å². The molecule has 3 nitrogen and oxygen atoms in total. The number of nitrogens with zero attached hydrogens (tertiary/aromatic N) is 1. The van der Waals surface area contributed by atoms with Crippen LogP contribution in [0.3, 0.4) is 0 Å². The summed E-state index contributed by atoms with van der Waals surface area (Å²) in [6.07, 6.45) is 3.32. The third-order valence-electron chi connectivity index (χ3n) is 5.05. The van der Waals surface area contributed by atoms with Crippen molar-refractivity contribution in [2.24, 2.45) is 0 Å². The Morgan fingerprint density at radius 3 is 2.50 bits per heavy atom. The minimum atomic E-state index is -1.84. The van der Waals surface area contributed by atoms with Gasteiger partial charge in [0.25, 0.3) is 0 Å². The number of hydrogen-bond acceptors (Lipinski definition) is 2. The minimum Gasteiger partial charge on any atom is -0.411 e. The number of rotatable bonds is 2. The first kappa shape index (κ1) is 15.5. The maximum Gasteiger partial charge on any atom is 0.229 e. The number of amides is 1. The Hall–Kier alpha value is -0.873. The highest BCUT2D eigenvalue weighted by Crippen LogP contribution is 2.41. The first-order chi connectivity index (χ1) is 9.03. The molecule has 0 radical (unpaired) electrons. The van der Waals surface area contributed by atoms with E-state index in [1.165, 1.54) is 0 Å². The molecule has 1 amide bonds. The van der Waals surface area contributed by atoms with E-state index in [0.29, 0.717) is 6.42 Å². The van der Waals surface area contributed by atoms with Gasteiger partial charge >= 0.3 is 0 Å². The SMILES string of the molecule is C=C1C[C@@H]2[C@H](O[Si](C)(C)C(C)(C)C)CC(=O)N2C=C1C. The van der Waals surface area contributed by atoms with Crippen LogP contribution in [0.5, 0.6) is 0 Å². The van der Waals surface area contributed by atoms with Crippen LogP contribution in [0.15, 0.2) is 23.9 Å². The third-order valence-corrected chi connectivity index (χ3v) is 9.55. The van der Waals surface area contributed by atoms with Gasteiger partial charge in [-0.3, -0.25) is 4.79 Å². The van der Waals surface area contributed by atoms with Crippen LogP contribution in [0.25, 0.3) is 0 Å². The van der Waals surface area contributed by atoms with Gasteiger partial charge < -0.3 is 9.33 Å². The second-order valence-corrected chi connectivity index (χ2v) is 12.4. The standard InChI is InChI=1S/C16H27NO2Si/c1-11-8-13-14(19-20(6,7)16(3,4)5)9-15(18)17(13)10-12(11)2/h10,13-14H,1,8-9H2,2-7H3/t13-,14-/m1/s1. The lowest BCUT2D eigenvalue weighted by Crippen LogP contribution is -2.47. The van der Waals surface area contributed by atoms with E-state index in [1.807, 2.05) is 18.0 Å². The number of carbonyl (C=O) groups is 1. The molecule has 2 aliphatic rings. The fraction of sp³-hybridized carbons (Fsp3) is 0.688. The van der Waals surface area contributed by atoms with E-state index < -0.39 is 8.32 Å². The molecule has 2 rings (SSSR count). The number of allylic oxidation sites excluding steroid dienone is 1. The molecule has 4 heteroatoms. The first-order valence-electron chi connectivity index (χ1n) is 7.38. The Bertz CT molecular complexity index is 473. The summed E-state index contributed by atoms with van der Waals surface area (Å²) >= 11 is 0. The largest absolute Gasteiger partial charge is 0.411 e. The molecule has 112 valence electrons. The predicted octanol–water partition coefficient (Wildman–Crippen LogP) is 3.84. The van der Waals surface area contributed by atoms with Crippen molar-refractivity contribution in [1.82, 2.24) is 4.90 Å². The van der Waals surface area contributed by atoms with E-state index in [9.17, 15) is 4.79 Å². The quantitative estimate of drug-likeness (QED) is 0.724. The minimum absolute atomic E-state index is 0.0180. The van der Waals surface area contributed by atoms with Crippen LogP contribution < -0.4 is 0 Å². The summed E-state index contributed by atoms with van der Waals surface area (Å²) in [4.78, 5) is 14.1. The Morgan fingerprint density at radius 1 is 1.35 bits per heavy atom. The number of hydrogen-bond donors (Lipinski definition) is 0. The van der Waals surface area contributed by atoms with Gasteiger partial charge in [-0.05, 0) is 42.6 Å². The highest BCUT2D eigenvalue weighted by atomic mass is 28.4. The summed E-state index contributed by atoms with van der Waals surface area (Å²) < 4.78 is 6.49. The highest BCUT2D eigenvalue weighted by Gasteiger charge is 2.47. The summed E-state index contributed by atoms with van der Waals surface area (Å²) in [5.41, 5.74) is 2.24. The Kier molecular flexibility index (Phi) is 3.76. The number of fused-ring (bicyclic) bond motifs is 1. The molecule has 0 aromatic rings. The third kappa shape index (κ3) is 2.63. The van der Waals surface area contributed by atoms with Gasteiger partial charge in [-0.25, -0.2) is 0 Å². The molecule has 1 fully saturated rings. The van der Waals surface area contributed by atoms with Gasteiger partial charge in [0.2, 0.25) is 5.91 Å². The molecule has 0 aromatic heterocycles. The average Bonchev–Trinajstić information content (AvgIpc) is 2.55. The van der Waals surface area contributed by atoms with Crippen molar-refractivity contribution in [3.63, 3.8) is 0 Å². The van der Waals surface area contributed by atoms with E-state index in [1.54, 1.807) is 0 Å². The Morgan fingerprint density at radius 2 is 1.95 bits per heavy atom. The highest BCUT2D eigenvalue weighted by molar-refractivity contribution is 6.74. The van der Waals surface area contributed by atoms with E-state index >= 15 is 0 Å². The Balaban J connectivity index is 2.20. The summed E-state index contributed by atoms with van der Waals surface area (Å²) in [5.74, 6) is 0.186. The second-order valence-electron chi connectivity index (χ2n) is 7.61. The van der Waals surface area contributed by atoms with Crippen LogP contribution in [0.4, 0.5) is 0 Å². The smallest absolute Gasteiger partial charge is 0.229 e. The van der Waals surface area contributed by atoms with Crippen molar-refractivity contribution in [3.05, 3.63) is 23.9 Å². The van der Waals surface area contributed by atoms with Crippen LogP contribution in [-0.4, -0.2) is 31.3 Å². The molecule has 0 bridgehead atoms. The van der Waals surface area contributed by atoms with Crippen molar-refractivity contribution in [2.45, 2.75) is 70.8 Å². The zero-order valence-corrected chi connectivity index (χ0v) is 14.6. The van der Waals surface area contributed by atoms with Gasteiger partial charge in [0.1, 0.15) is 0 Å². The molecule has 1 saturated heterocycles. The molecule has 0 N–H and O–H groups in total. The molecule has 0 aliphatic carbocycles. The van der Waals surface area contributed by atoms with Gasteiger partial charge in [-0.2, -0.15) is 0 Å². The normalized spacial score (nSPS) is 27.7. The maximum absolute atomic E-state index is 12.2. The molecular weight excluding hydrogens is 266 g/mol. The number of carbonyl (C=O) groups excluding carboxylic acids is 1. The monoisotopic (exact) mass is 293 g/mol. The van der Waals surface area contributed by atoms with E-state index in [-0.39, 0.29) is 23.1 Å². The zero-order chi connectivity index (χ0) is 15.3. The molecule has 0 aromatic carbocycles. The van der Waals surface area contributed by atoms with E-state index in [2.05, 4.69) is 40.4 Å². The molecule has 0 unspecified atom stereocenters. The molecule has 2 heterocycles. The van der Waals surface area contributed by atoms with Gasteiger partial charge in [0.15, 0.2) is 8.32 Å². The fourth-order valence-corrected chi connectivity index (χ4v) is 3.91. The molecule has 0 saturated carbocycles. The van der Waals surface area contributed by atoms with E-state index in [4.69, 9.17) is 4.43 Å². The van der Waals surface area contributed by atoms with Crippen LogP contribution in [0.1, 0.15) is 40.5 Å². The summed E-state index contributed by atoms with van der Waals surface area (Å²) in [5, 5.41) is 0.168. The molecular formula is C16H27NO2Si. The molecule has 20 heavy (non-hydrogen) atoms. The van der Waals surface area contributed by atoms with Crippen molar-refractivity contribution < 1.29 is 9.22 Å². The molecule has 2 atom stereocenters. The van der Waals surface area contributed by atoms with E-state index in [0.717, 1.165) is 17.6 Å². The van der Waals surface area contributed by atoms with Gasteiger partial charge in [0.05, 0.1) is 18.6 Å². The zero-order valence-electron chi connectivity index (χ0n) is 13.6. The van der Waals surface area contributed by atoms with Gasteiger partial charge in [0, 0.05) is 6.20 Å². The summed E-state index contributed by atoms with van der Waals surface area (Å²) in [6, 6.07) is 0.146. The van der Waals surface area contributed by atoms with Gasteiger partial charge in [-0.1, -0.05) is 27.4 Å². The van der Waals surface area contributed by atoms with Crippen molar-refractivity contribution in [3.8, 4) is 0 Å². The summed E-state index contributed by atoms with van der Waals surface area (Å²) in [7, 11) is -1.84. The maximum atomic E-state index is 12.2. The van der Waals surface area contributed by atoms with Crippen LogP contribution in [0.2, 0.25) is 18.1 Å². The molecule has 2 aliphatic heterocycles. The predicted molar refractivity (Wildman–Crippen MR) is 84.8 cm³/mol. The first-order valence-corrected chi connectivity index (χ1v) is 10.3. The fourth-order valence-electron chi connectivity index (χ4n) is 2.56.